The molecule has 0 atom stereocenters. The largest absolute Gasteiger partial charge is 0.406 e. The second-order valence-corrected chi connectivity index (χ2v) is 5.07. The SMILES string of the molecule is CCCCN(CC(F)(F)F)C(=O)c1cccc2ncccc12. The molecule has 2 aromatic rings. The van der Waals surface area contributed by atoms with E-state index in [1.165, 1.54) is 0 Å². The van der Waals surface area contributed by atoms with Gasteiger partial charge in [0, 0.05) is 23.7 Å². The summed E-state index contributed by atoms with van der Waals surface area (Å²) in [5.41, 5.74) is 0.849. The molecule has 3 nitrogen and oxygen atoms in total. The second-order valence-electron chi connectivity index (χ2n) is 5.07. The lowest BCUT2D eigenvalue weighted by molar-refractivity contribution is -0.140. The number of benzene rings is 1. The highest BCUT2D eigenvalue weighted by Gasteiger charge is 2.33. The van der Waals surface area contributed by atoms with Gasteiger partial charge < -0.3 is 4.90 Å². The van der Waals surface area contributed by atoms with E-state index in [9.17, 15) is 18.0 Å². The van der Waals surface area contributed by atoms with Crippen molar-refractivity contribution in [1.29, 1.82) is 0 Å². The summed E-state index contributed by atoms with van der Waals surface area (Å²) in [4.78, 5) is 17.5. The van der Waals surface area contributed by atoms with Crippen molar-refractivity contribution in [3.8, 4) is 0 Å². The third kappa shape index (κ3) is 3.96. The highest BCUT2D eigenvalue weighted by molar-refractivity contribution is 6.06. The maximum atomic E-state index is 12.7. The van der Waals surface area contributed by atoms with Crippen molar-refractivity contribution in [2.45, 2.75) is 25.9 Å². The molecule has 0 aliphatic rings. The zero-order chi connectivity index (χ0) is 16.2. The molecule has 1 aromatic carbocycles. The third-order valence-corrected chi connectivity index (χ3v) is 3.32. The van der Waals surface area contributed by atoms with Crippen LogP contribution in [0.5, 0.6) is 0 Å². The Morgan fingerprint density at radius 3 is 2.68 bits per heavy atom. The maximum absolute atomic E-state index is 12.7. The number of carbonyl (C=O) groups is 1. The molecule has 0 saturated heterocycles. The third-order valence-electron chi connectivity index (χ3n) is 3.32. The number of hydrogen-bond donors (Lipinski definition) is 0. The smallest absolute Gasteiger partial charge is 0.330 e. The first kappa shape index (κ1) is 16.3. The fourth-order valence-electron chi connectivity index (χ4n) is 2.28. The molecule has 0 saturated carbocycles. The lowest BCUT2D eigenvalue weighted by Crippen LogP contribution is -2.39. The van der Waals surface area contributed by atoms with Gasteiger partial charge in [0.2, 0.25) is 0 Å². The van der Waals surface area contributed by atoms with E-state index in [0.717, 1.165) is 11.3 Å². The molecule has 118 valence electrons. The van der Waals surface area contributed by atoms with Gasteiger partial charge in [-0.2, -0.15) is 13.2 Å². The van der Waals surface area contributed by atoms with E-state index in [0.29, 0.717) is 17.3 Å². The number of aromatic nitrogens is 1. The van der Waals surface area contributed by atoms with Crippen LogP contribution in [0.15, 0.2) is 36.5 Å². The summed E-state index contributed by atoms with van der Waals surface area (Å²) in [5, 5.41) is 0.568. The summed E-state index contributed by atoms with van der Waals surface area (Å²) in [6, 6.07) is 8.27. The van der Waals surface area contributed by atoms with E-state index in [-0.39, 0.29) is 12.1 Å². The molecule has 22 heavy (non-hydrogen) atoms. The number of rotatable bonds is 5. The Morgan fingerprint density at radius 1 is 1.23 bits per heavy atom. The minimum atomic E-state index is -4.41. The van der Waals surface area contributed by atoms with Crippen molar-refractivity contribution in [3.05, 3.63) is 42.1 Å². The van der Waals surface area contributed by atoms with E-state index in [2.05, 4.69) is 4.98 Å². The van der Waals surface area contributed by atoms with Crippen LogP contribution in [0.3, 0.4) is 0 Å². The maximum Gasteiger partial charge on any atom is 0.406 e. The van der Waals surface area contributed by atoms with E-state index in [1.807, 2.05) is 6.92 Å². The zero-order valence-electron chi connectivity index (χ0n) is 12.2. The molecule has 0 radical (unpaired) electrons. The molecule has 6 heteroatoms. The van der Waals surface area contributed by atoms with Crippen LogP contribution in [-0.4, -0.2) is 35.1 Å². The highest BCUT2D eigenvalue weighted by atomic mass is 19.4. The Bertz CT molecular complexity index is 650. The zero-order valence-corrected chi connectivity index (χ0v) is 12.2. The van der Waals surface area contributed by atoms with Gasteiger partial charge in [0.25, 0.3) is 5.91 Å². The van der Waals surface area contributed by atoms with Crippen molar-refractivity contribution in [2.24, 2.45) is 0 Å². The summed E-state index contributed by atoms with van der Waals surface area (Å²) in [5.74, 6) is -0.607. The number of amides is 1. The van der Waals surface area contributed by atoms with Crippen LogP contribution in [0.1, 0.15) is 30.1 Å². The fraction of sp³-hybridized carbons (Fsp3) is 0.375. The monoisotopic (exact) mass is 310 g/mol. The summed E-state index contributed by atoms with van der Waals surface area (Å²) >= 11 is 0. The summed E-state index contributed by atoms with van der Waals surface area (Å²) in [6.45, 7) is 0.728. The van der Waals surface area contributed by atoms with Gasteiger partial charge in [-0.3, -0.25) is 9.78 Å². The minimum Gasteiger partial charge on any atom is -0.330 e. The minimum absolute atomic E-state index is 0.0888. The van der Waals surface area contributed by atoms with Crippen LogP contribution in [-0.2, 0) is 0 Å². The Morgan fingerprint density at radius 2 is 2.00 bits per heavy atom. The Labute approximate surface area is 126 Å². The van der Waals surface area contributed by atoms with Gasteiger partial charge in [0.05, 0.1) is 5.52 Å². The van der Waals surface area contributed by atoms with Gasteiger partial charge in [-0.1, -0.05) is 25.5 Å². The standard InChI is InChI=1S/C16H17F3N2O/c1-2-3-10-21(11-16(17,18)19)15(22)13-6-4-8-14-12(13)7-5-9-20-14/h4-9H,2-3,10-11H2,1H3. The van der Waals surface area contributed by atoms with Crippen molar-refractivity contribution in [2.75, 3.05) is 13.1 Å². The average Bonchev–Trinajstić information content (AvgIpc) is 2.49. The number of nitrogens with zero attached hydrogens (tertiary/aromatic N) is 2. The van der Waals surface area contributed by atoms with Crippen LogP contribution in [0, 0.1) is 0 Å². The molecule has 2 rings (SSSR count). The molecular weight excluding hydrogens is 293 g/mol. The molecule has 0 spiro atoms. The second kappa shape index (κ2) is 6.77. The highest BCUT2D eigenvalue weighted by Crippen LogP contribution is 2.22. The summed E-state index contributed by atoms with van der Waals surface area (Å²) in [7, 11) is 0. The lowest BCUT2D eigenvalue weighted by Gasteiger charge is -2.24. The average molecular weight is 310 g/mol. The Balaban J connectivity index is 2.35. The number of fused-ring (bicyclic) bond motifs is 1. The van der Waals surface area contributed by atoms with Crippen LogP contribution in [0.25, 0.3) is 10.9 Å². The molecule has 0 bridgehead atoms. The van der Waals surface area contributed by atoms with Gasteiger partial charge in [0.15, 0.2) is 0 Å². The van der Waals surface area contributed by atoms with Crippen LogP contribution < -0.4 is 0 Å². The van der Waals surface area contributed by atoms with E-state index in [1.54, 1.807) is 36.5 Å². The van der Waals surface area contributed by atoms with Crippen LogP contribution in [0.4, 0.5) is 13.2 Å². The molecule has 0 aliphatic heterocycles. The Hall–Kier alpha value is -2.11. The first-order chi connectivity index (χ1) is 10.4. The number of alkyl halides is 3. The van der Waals surface area contributed by atoms with Crippen molar-refractivity contribution >= 4 is 16.8 Å². The van der Waals surface area contributed by atoms with Crippen LogP contribution in [0.2, 0.25) is 0 Å². The quantitative estimate of drug-likeness (QED) is 0.835. The van der Waals surface area contributed by atoms with Crippen LogP contribution >= 0.6 is 0 Å². The predicted octanol–water partition coefficient (Wildman–Crippen LogP) is 4.04. The number of halogens is 3. The van der Waals surface area contributed by atoms with Crippen molar-refractivity contribution in [1.82, 2.24) is 9.88 Å². The number of carbonyl (C=O) groups excluding carboxylic acids is 1. The van der Waals surface area contributed by atoms with Gasteiger partial charge in [-0.15, -0.1) is 0 Å². The molecule has 1 aromatic heterocycles. The van der Waals surface area contributed by atoms with E-state index in [4.69, 9.17) is 0 Å². The van der Waals surface area contributed by atoms with Gasteiger partial charge in [-0.25, -0.2) is 0 Å². The van der Waals surface area contributed by atoms with Crippen molar-refractivity contribution < 1.29 is 18.0 Å². The number of hydrogen-bond acceptors (Lipinski definition) is 2. The first-order valence-corrected chi connectivity index (χ1v) is 7.12. The normalized spacial score (nSPS) is 11.6. The lowest BCUT2D eigenvalue weighted by atomic mass is 10.1. The molecule has 0 N–H and O–H groups in total. The predicted molar refractivity (Wildman–Crippen MR) is 78.6 cm³/mol. The molecule has 1 amide bonds. The molecule has 0 fully saturated rings. The molecule has 1 heterocycles. The number of unbranched alkanes of at least 4 members (excludes halogenated alkanes) is 1. The molecule has 0 unspecified atom stereocenters. The van der Waals surface area contributed by atoms with E-state index < -0.39 is 18.6 Å². The summed E-state index contributed by atoms with van der Waals surface area (Å²) in [6.07, 6.45) is -1.57. The first-order valence-electron chi connectivity index (χ1n) is 7.12. The topological polar surface area (TPSA) is 33.2 Å². The molecule has 0 aliphatic carbocycles. The van der Waals surface area contributed by atoms with Crippen molar-refractivity contribution in [3.63, 3.8) is 0 Å². The fourth-order valence-corrected chi connectivity index (χ4v) is 2.28. The van der Waals surface area contributed by atoms with Gasteiger partial charge in [-0.05, 0) is 24.6 Å². The Kier molecular flexibility index (Phi) is 5.00. The summed E-state index contributed by atoms with van der Waals surface area (Å²) < 4.78 is 38.2. The van der Waals surface area contributed by atoms with Gasteiger partial charge in [0.1, 0.15) is 6.54 Å². The number of pyridine rings is 1. The molecular formula is C16H17F3N2O. The van der Waals surface area contributed by atoms with E-state index >= 15 is 0 Å². The van der Waals surface area contributed by atoms with Gasteiger partial charge >= 0.3 is 6.18 Å².